The van der Waals surface area contributed by atoms with Gasteiger partial charge >= 0.3 is 0 Å². The van der Waals surface area contributed by atoms with Crippen molar-refractivity contribution in [3.8, 4) is 0 Å². The van der Waals surface area contributed by atoms with E-state index in [1.165, 1.54) is 22.3 Å². The molecular formula is C17H18N4O2. The summed E-state index contributed by atoms with van der Waals surface area (Å²) in [6.45, 7) is 4.26. The largest absolute Gasteiger partial charge is 0.348 e. The summed E-state index contributed by atoms with van der Waals surface area (Å²) >= 11 is 0. The summed E-state index contributed by atoms with van der Waals surface area (Å²) in [4.78, 5) is 28.5. The Morgan fingerprint density at radius 2 is 1.96 bits per heavy atom. The zero-order valence-corrected chi connectivity index (χ0v) is 13.1. The Balaban J connectivity index is 1.79. The van der Waals surface area contributed by atoms with Crippen LogP contribution in [0.3, 0.4) is 0 Å². The lowest BCUT2D eigenvalue weighted by atomic mass is 10.1. The van der Waals surface area contributed by atoms with Gasteiger partial charge in [-0.2, -0.15) is 0 Å². The number of amides is 1. The summed E-state index contributed by atoms with van der Waals surface area (Å²) in [5, 5.41) is 5.61. The number of benzene rings is 1. The lowest BCUT2D eigenvalue weighted by Gasteiger charge is -2.05. The van der Waals surface area contributed by atoms with Gasteiger partial charge in [-0.15, -0.1) is 0 Å². The lowest BCUT2D eigenvalue weighted by molar-refractivity contribution is 0.0952. The summed E-state index contributed by atoms with van der Waals surface area (Å²) in [7, 11) is 0. The van der Waals surface area contributed by atoms with Crippen molar-refractivity contribution in [3.63, 3.8) is 0 Å². The molecule has 1 amide bonds. The van der Waals surface area contributed by atoms with Crippen LogP contribution < -0.4 is 10.9 Å². The van der Waals surface area contributed by atoms with Crippen molar-refractivity contribution in [1.82, 2.24) is 19.9 Å². The van der Waals surface area contributed by atoms with E-state index in [1.807, 2.05) is 12.1 Å². The van der Waals surface area contributed by atoms with Gasteiger partial charge in [0.05, 0.1) is 0 Å². The summed E-state index contributed by atoms with van der Waals surface area (Å²) < 4.78 is 1.26. The molecule has 2 heterocycles. The second-order valence-electron chi connectivity index (χ2n) is 5.43. The van der Waals surface area contributed by atoms with Crippen molar-refractivity contribution in [2.24, 2.45) is 0 Å². The van der Waals surface area contributed by atoms with Crippen LogP contribution in [0.15, 0.2) is 41.3 Å². The maximum absolute atomic E-state index is 12.4. The van der Waals surface area contributed by atoms with Crippen LogP contribution in [-0.4, -0.2) is 20.5 Å². The number of H-pyrrole nitrogens is 1. The van der Waals surface area contributed by atoms with Gasteiger partial charge in [-0.1, -0.05) is 31.2 Å². The van der Waals surface area contributed by atoms with Gasteiger partial charge in [0.2, 0.25) is 0 Å². The van der Waals surface area contributed by atoms with Crippen LogP contribution in [-0.2, 0) is 13.0 Å². The number of aromatic nitrogens is 3. The number of carbonyl (C=O) groups is 1. The molecule has 0 atom stereocenters. The van der Waals surface area contributed by atoms with Gasteiger partial charge in [0.25, 0.3) is 11.5 Å². The average molecular weight is 310 g/mol. The number of hydrogen-bond acceptors (Lipinski definition) is 3. The molecule has 3 aromatic rings. The smallest absolute Gasteiger partial charge is 0.272 e. The Morgan fingerprint density at radius 3 is 2.65 bits per heavy atom. The summed E-state index contributed by atoms with van der Waals surface area (Å²) in [6.07, 6.45) is 2.49. The molecule has 0 aliphatic carbocycles. The molecule has 3 rings (SSSR count). The van der Waals surface area contributed by atoms with Gasteiger partial charge in [-0.3, -0.25) is 14.7 Å². The Kier molecular flexibility index (Phi) is 3.97. The topological polar surface area (TPSA) is 79.3 Å². The molecular weight excluding hydrogens is 292 g/mol. The fraction of sp³-hybridized carbons (Fsp3) is 0.235. The number of nitrogens with zero attached hydrogens (tertiary/aromatic N) is 2. The van der Waals surface area contributed by atoms with E-state index in [9.17, 15) is 9.59 Å². The SMILES string of the molecule is CCc1ccc(CNC(=O)c2c[nH]n3c(=O)cc(C)nc23)cc1. The molecule has 6 nitrogen and oxygen atoms in total. The van der Waals surface area contributed by atoms with Crippen molar-refractivity contribution < 1.29 is 4.79 Å². The van der Waals surface area contributed by atoms with E-state index >= 15 is 0 Å². The lowest BCUT2D eigenvalue weighted by Crippen LogP contribution is -2.23. The number of hydrogen-bond donors (Lipinski definition) is 2. The van der Waals surface area contributed by atoms with Crippen LogP contribution in [0.2, 0.25) is 0 Å². The molecule has 2 aromatic heterocycles. The predicted octanol–water partition coefficient (Wildman–Crippen LogP) is 1.82. The van der Waals surface area contributed by atoms with Crippen LogP contribution >= 0.6 is 0 Å². The molecule has 6 heteroatoms. The van der Waals surface area contributed by atoms with Crippen molar-refractivity contribution in [2.75, 3.05) is 0 Å². The Labute approximate surface area is 133 Å². The minimum Gasteiger partial charge on any atom is -0.348 e. The molecule has 0 bridgehead atoms. The van der Waals surface area contributed by atoms with E-state index < -0.39 is 0 Å². The predicted molar refractivity (Wildman–Crippen MR) is 87.5 cm³/mol. The number of fused-ring (bicyclic) bond motifs is 1. The molecule has 0 aliphatic rings. The zero-order chi connectivity index (χ0) is 16.4. The maximum atomic E-state index is 12.4. The van der Waals surface area contributed by atoms with Crippen LogP contribution in [0.1, 0.15) is 34.1 Å². The second kappa shape index (κ2) is 6.08. The van der Waals surface area contributed by atoms with Crippen molar-refractivity contribution in [1.29, 1.82) is 0 Å². The van der Waals surface area contributed by atoms with Crippen LogP contribution in [0, 0.1) is 6.92 Å². The van der Waals surface area contributed by atoms with E-state index in [0.717, 1.165) is 12.0 Å². The zero-order valence-electron chi connectivity index (χ0n) is 13.1. The first kappa shape index (κ1) is 15.0. The fourth-order valence-corrected chi connectivity index (χ4v) is 2.43. The van der Waals surface area contributed by atoms with E-state index in [0.29, 0.717) is 23.4 Å². The van der Waals surface area contributed by atoms with E-state index in [4.69, 9.17) is 0 Å². The maximum Gasteiger partial charge on any atom is 0.272 e. The molecule has 0 saturated heterocycles. The standard InChI is InChI=1S/C17H18N4O2/c1-3-12-4-6-13(7-5-12)9-18-17(23)14-10-19-21-15(22)8-11(2)20-16(14)21/h4-8,10,19H,3,9H2,1-2H3,(H,18,23). The van der Waals surface area contributed by atoms with Crippen molar-refractivity contribution in [3.05, 3.63) is 69.3 Å². The average Bonchev–Trinajstić information content (AvgIpc) is 2.97. The molecule has 0 fully saturated rings. The number of carbonyl (C=O) groups excluding carboxylic acids is 1. The van der Waals surface area contributed by atoms with Gasteiger partial charge in [-0.25, -0.2) is 9.50 Å². The fourth-order valence-electron chi connectivity index (χ4n) is 2.43. The van der Waals surface area contributed by atoms with Gasteiger partial charge in [0, 0.05) is 24.5 Å². The third-order valence-electron chi connectivity index (χ3n) is 3.75. The molecule has 0 aliphatic heterocycles. The molecule has 0 spiro atoms. The quantitative estimate of drug-likeness (QED) is 0.771. The molecule has 0 saturated carbocycles. The van der Waals surface area contributed by atoms with Gasteiger partial charge in [-0.05, 0) is 24.5 Å². The third-order valence-corrected chi connectivity index (χ3v) is 3.75. The molecule has 2 N–H and O–H groups in total. The van der Waals surface area contributed by atoms with E-state index in [2.05, 4.69) is 34.5 Å². The Bertz CT molecular complexity index is 906. The molecule has 23 heavy (non-hydrogen) atoms. The monoisotopic (exact) mass is 310 g/mol. The highest BCUT2D eigenvalue weighted by Gasteiger charge is 2.14. The summed E-state index contributed by atoms with van der Waals surface area (Å²) in [5.74, 6) is -0.263. The van der Waals surface area contributed by atoms with Crippen molar-refractivity contribution >= 4 is 11.6 Å². The van der Waals surface area contributed by atoms with Crippen LogP contribution in [0.5, 0.6) is 0 Å². The molecule has 0 unspecified atom stereocenters. The molecule has 0 radical (unpaired) electrons. The number of aryl methyl sites for hydroxylation is 2. The normalized spacial score (nSPS) is 10.9. The van der Waals surface area contributed by atoms with Crippen LogP contribution in [0.4, 0.5) is 0 Å². The highest BCUT2D eigenvalue weighted by Crippen LogP contribution is 2.08. The van der Waals surface area contributed by atoms with E-state index in [1.54, 1.807) is 6.92 Å². The van der Waals surface area contributed by atoms with E-state index in [-0.39, 0.29) is 11.5 Å². The highest BCUT2D eigenvalue weighted by molar-refractivity contribution is 5.99. The Morgan fingerprint density at radius 1 is 1.26 bits per heavy atom. The first-order valence-electron chi connectivity index (χ1n) is 7.52. The molecule has 1 aromatic carbocycles. The second-order valence-corrected chi connectivity index (χ2v) is 5.43. The van der Waals surface area contributed by atoms with Gasteiger partial charge in [0.15, 0.2) is 5.65 Å². The minimum absolute atomic E-state index is 0.235. The van der Waals surface area contributed by atoms with Crippen molar-refractivity contribution in [2.45, 2.75) is 26.8 Å². The van der Waals surface area contributed by atoms with Crippen LogP contribution in [0.25, 0.3) is 5.65 Å². The van der Waals surface area contributed by atoms with Gasteiger partial charge in [0.1, 0.15) is 5.56 Å². The summed E-state index contributed by atoms with van der Waals surface area (Å²) in [6, 6.07) is 9.53. The number of rotatable bonds is 4. The third kappa shape index (κ3) is 3.01. The Hall–Kier alpha value is -2.89. The number of aromatic amines is 1. The highest BCUT2D eigenvalue weighted by atomic mass is 16.2. The number of nitrogens with one attached hydrogen (secondary N) is 2. The minimum atomic E-state index is -0.263. The summed E-state index contributed by atoms with van der Waals surface area (Å²) in [5.41, 5.74) is 3.33. The van der Waals surface area contributed by atoms with Gasteiger partial charge < -0.3 is 5.32 Å². The first-order chi connectivity index (χ1) is 11.1. The molecule has 118 valence electrons. The first-order valence-corrected chi connectivity index (χ1v) is 7.52.